The minimum atomic E-state index is -4.73. The second-order valence-electron chi connectivity index (χ2n) is 18.2. The second-order valence-corrected chi connectivity index (χ2v) is 18.2. The molecule has 0 atom stereocenters. The number of aromatic nitrogens is 1. The van der Waals surface area contributed by atoms with E-state index in [1.54, 1.807) is 0 Å². The molecule has 10 rings (SSSR count). The van der Waals surface area contributed by atoms with Gasteiger partial charge in [0.15, 0.2) is 11.4 Å². The fourth-order valence-electron chi connectivity index (χ4n) is 10.0. The quantitative estimate of drug-likeness (QED) is 0.0599. The summed E-state index contributed by atoms with van der Waals surface area (Å²) in [5, 5.41) is 0. The number of allylic oxidation sites excluding steroid dienone is 2. The summed E-state index contributed by atoms with van der Waals surface area (Å²) in [5.74, 6) is 2.19. The van der Waals surface area contributed by atoms with Crippen LogP contribution in [0.15, 0.2) is 200 Å². The average molecular weight is 941 g/mol. The minimum Gasteiger partial charge on any atom is -0.494 e. The van der Waals surface area contributed by atoms with Crippen LogP contribution in [0.3, 0.4) is 0 Å². The lowest BCUT2D eigenvalue weighted by Gasteiger charge is -2.35. The first kappa shape index (κ1) is 47.0. The van der Waals surface area contributed by atoms with Crippen LogP contribution in [0.4, 0.5) is 8.63 Å². The van der Waals surface area contributed by atoms with Crippen LogP contribution >= 0.6 is 0 Å². The summed E-state index contributed by atoms with van der Waals surface area (Å²) in [6.45, 7) is 3.47. The third kappa shape index (κ3) is 9.15. The van der Waals surface area contributed by atoms with Gasteiger partial charge in [-0.1, -0.05) is 186 Å². The molecule has 1 aromatic heterocycles. The Hall–Kier alpha value is -7.71. The number of rotatable bonds is 19. The molecule has 5 nitrogen and oxygen atoms in total. The van der Waals surface area contributed by atoms with E-state index in [4.69, 9.17) is 14.2 Å². The molecule has 71 heavy (non-hydrogen) atoms. The van der Waals surface area contributed by atoms with Crippen molar-refractivity contribution in [2.45, 2.75) is 59.3 Å². The highest BCUT2D eigenvalue weighted by atomic mass is 19.2. The van der Waals surface area contributed by atoms with Crippen molar-refractivity contribution in [2.24, 2.45) is 0 Å². The van der Waals surface area contributed by atoms with E-state index in [1.807, 2.05) is 194 Å². The van der Waals surface area contributed by atoms with Gasteiger partial charge in [0.25, 0.3) is 0 Å². The van der Waals surface area contributed by atoms with Crippen LogP contribution in [-0.4, -0.2) is 41.5 Å². The monoisotopic (exact) mass is 940 g/mol. The van der Waals surface area contributed by atoms with Gasteiger partial charge in [0.05, 0.1) is 36.5 Å². The lowest BCUT2D eigenvalue weighted by molar-refractivity contribution is -0.358. The first-order chi connectivity index (χ1) is 34.9. The lowest BCUT2D eigenvalue weighted by Crippen LogP contribution is -2.52. The molecule has 356 valence electrons. The second kappa shape index (κ2) is 21.1. The van der Waals surface area contributed by atoms with E-state index in [9.17, 15) is 0 Å². The van der Waals surface area contributed by atoms with Crippen LogP contribution in [0.2, 0.25) is 0 Å². The maximum atomic E-state index is 19.8. The molecule has 0 amide bonds. The van der Waals surface area contributed by atoms with Crippen molar-refractivity contribution in [1.82, 2.24) is 4.48 Å². The number of halogens is 2. The molecule has 8 heteroatoms. The molecular weight excluding hydrogens is 882 g/mol. The number of hydrogen-bond donors (Lipinski definition) is 0. The van der Waals surface area contributed by atoms with Crippen molar-refractivity contribution in [3.63, 3.8) is 0 Å². The van der Waals surface area contributed by atoms with Crippen molar-refractivity contribution in [2.75, 3.05) is 19.8 Å². The van der Waals surface area contributed by atoms with Gasteiger partial charge in [0.1, 0.15) is 17.2 Å². The summed E-state index contributed by atoms with van der Waals surface area (Å²) < 4.78 is 61.1. The Balaban J connectivity index is 1.40. The van der Waals surface area contributed by atoms with E-state index in [1.165, 1.54) is 8.96 Å². The molecule has 0 radical (unpaired) electrons. The van der Waals surface area contributed by atoms with E-state index in [2.05, 4.69) is 20.8 Å². The van der Waals surface area contributed by atoms with Crippen molar-refractivity contribution >= 4 is 29.4 Å². The summed E-state index contributed by atoms with van der Waals surface area (Å²) in [4.78, 5) is 0. The molecule has 0 saturated carbocycles. The Morgan fingerprint density at radius 1 is 0.380 bits per heavy atom. The summed E-state index contributed by atoms with van der Waals surface area (Å²) in [6, 6.07) is 63.5. The third-order valence-corrected chi connectivity index (χ3v) is 13.5. The van der Waals surface area contributed by atoms with Crippen LogP contribution in [0.25, 0.3) is 50.2 Å². The van der Waals surface area contributed by atoms with E-state index < -0.39 is 6.97 Å². The summed E-state index contributed by atoms with van der Waals surface area (Å²) >= 11 is 0. The molecule has 0 spiro atoms. The first-order valence-electron chi connectivity index (χ1n) is 25.3. The van der Waals surface area contributed by atoms with Crippen LogP contribution < -0.4 is 14.2 Å². The average Bonchev–Trinajstić information content (AvgIpc) is 3.97. The Bertz CT molecular complexity index is 3200. The molecule has 0 aliphatic carbocycles. The molecule has 2 aliphatic heterocycles. The Morgan fingerprint density at radius 3 is 1.18 bits per heavy atom. The fourth-order valence-corrected chi connectivity index (χ4v) is 10.0. The lowest BCUT2D eigenvalue weighted by atomic mass is 9.81. The molecule has 2 aliphatic rings. The number of benzene rings is 7. The molecule has 0 fully saturated rings. The standard InChI is InChI=1S/C63H59BF2N2O3/c1-4-7-42-69-52-36-30-47(31-37-52)57-55(45-22-14-10-15-23-45)60(50-26-18-12-19-27-50)67-62(57)59(49-34-40-54(41-35-49)71-44-9-6-3)63-58(48-32-38-53(39-33-48)70-43-8-5-2)56(46-24-16-11-17-25-46)61(68(63)64(67,65)66)51-28-20-13-21-29-51/h10-41H,4-9,42-44H2,1-3H3. The summed E-state index contributed by atoms with van der Waals surface area (Å²) in [7, 11) is 0. The molecule has 8 aromatic rings. The van der Waals surface area contributed by atoms with Crippen LogP contribution in [-0.2, 0) is 0 Å². The zero-order chi connectivity index (χ0) is 48.7. The van der Waals surface area contributed by atoms with Gasteiger partial charge < -0.3 is 31.8 Å². The fraction of sp³-hybridized carbons (Fsp3) is 0.190. The predicted octanol–water partition coefficient (Wildman–Crippen LogP) is 16.1. The Labute approximate surface area is 417 Å². The highest BCUT2D eigenvalue weighted by Crippen LogP contribution is 2.57. The van der Waals surface area contributed by atoms with Gasteiger partial charge in [-0.25, -0.2) is 0 Å². The normalized spacial score (nSPS) is 13.9. The topological polar surface area (TPSA) is 35.6 Å². The van der Waals surface area contributed by atoms with Gasteiger partial charge in [-0.3, -0.25) is 0 Å². The molecule has 0 N–H and O–H groups in total. The summed E-state index contributed by atoms with van der Waals surface area (Å²) in [5.41, 5.74) is 10.6. The summed E-state index contributed by atoms with van der Waals surface area (Å²) in [6.07, 6.45) is 5.80. The van der Waals surface area contributed by atoms with Gasteiger partial charge in [0.2, 0.25) is 0 Å². The van der Waals surface area contributed by atoms with Crippen molar-refractivity contribution in [3.05, 3.63) is 228 Å². The van der Waals surface area contributed by atoms with Crippen molar-refractivity contribution in [1.29, 1.82) is 0 Å². The van der Waals surface area contributed by atoms with Crippen molar-refractivity contribution < 1.29 is 27.3 Å². The zero-order valence-electron chi connectivity index (χ0n) is 40.8. The van der Waals surface area contributed by atoms with Crippen LogP contribution in [0, 0.1) is 0 Å². The van der Waals surface area contributed by atoms with E-state index >= 15 is 8.63 Å². The number of ether oxygens (including phenoxy) is 3. The van der Waals surface area contributed by atoms with Crippen LogP contribution in [0.5, 0.6) is 17.2 Å². The largest absolute Gasteiger partial charge is 0.738 e. The van der Waals surface area contributed by atoms with E-state index in [0.717, 1.165) is 94.7 Å². The number of nitrogens with zero attached hydrogens (tertiary/aromatic N) is 2. The molecular formula is C63H59BF2N2O3. The molecule has 3 heterocycles. The highest BCUT2D eigenvalue weighted by Gasteiger charge is 2.59. The molecule has 0 bridgehead atoms. The highest BCUT2D eigenvalue weighted by molar-refractivity contribution is 6.61. The van der Waals surface area contributed by atoms with E-state index in [-0.39, 0.29) is 0 Å². The maximum Gasteiger partial charge on any atom is 0.738 e. The van der Waals surface area contributed by atoms with Crippen molar-refractivity contribution in [3.8, 4) is 50.8 Å². The third-order valence-electron chi connectivity index (χ3n) is 13.5. The van der Waals surface area contributed by atoms with Crippen LogP contribution in [0.1, 0.15) is 87.2 Å². The van der Waals surface area contributed by atoms with Gasteiger partial charge in [-0.15, -0.1) is 0 Å². The predicted molar refractivity (Wildman–Crippen MR) is 288 cm³/mol. The first-order valence-corrected chi connectivity index (χ1v) is 25.3. The minimum absolute atomic E-state index is 0.428. The molecule has 0 unspecified atom stereocenters. The molecule has 0 saturated heterocycles. The Morgan fingerprint density at radius 2 is 0.732 bits per heavy atom. The Kier molecular flexibility index (Phi) is 14.0. The van der Waals surface area contributed by atoms with E-state index in [0.29, 0.717) is 70.5 Å². The SMILES string of the molecule is CCCCOc1ccc(C2=C(c3ccccc3)C(c3ccccc3)=[N+]3C2=C(c2ccc(OCCCC)cc2)c2c(-c4ccc(OCCCC)cc4)c(-c4ccccc4)c(-c4ccccc4)n2[B-]3(F)F)cc1. The molecule has 7 aromatic carbocycles. The number of hydrogen-bond acceptors (Lipinski definition) is 3. The smallest absolute Gasteiger partial charge is 0.494 e. The zero-order valence-corrected chi connectivity index (χ0v) is 40.8. The van der Waals surface area contributed by atoms with Gasteiger partial charge >= 0.3 is 6.97 Å². The van der Waals surface area contributed by atoms with Gasteiger partial charge in [-0.2, -0.15) is 0 Å². The number of fused-ring (bicyclic) bond motifs is 2. The maximum absolute atomic E-state index is 19.8. The number of unbranched alkanes of at least 4 members (excludes halogenated alkanes) is 3. The van der Waals surface area contributed by atoms with Gasteiger partial charge in [0, 0.05) is 28.1 Å². The van der Waals surface area contributed by atoms with Gasteiger partial charge in [-0.05, 0) is 101 Å².